The molecular formula is C16H25NS2. The highest BCUT2D eigenvalue weighted by Crippen LogP contribution is 2.43. The molecule has 2 aliphatic rings. The van der Waals surface area contributed by atoms with Crippen molar-refractivity contribution in [1.29, 1.82) is 0 Å². The first kappa shape index (κ1) is 14.0. The van der Waals surface area contributed by atoms with Crippen molar-refractivity contribution in [3.8, 4) is 0 Å². The molecule has 3 unspecified atom stereocenters. The highest BCUT2D eigenvalue weighted by Gasteiger charge is 2.27. The van der Waals surface area contributed by atoms with Crippen LogP contribution < -0.4 is 5.32 Å². The summed E-state index contributed by atoms with van der Waals surface area (Å²) < 4.78 is 1.55. The normalized spacial score (nSPS) is 35.1. The molecule has 0 amide bonds. The summed E-state index contributed by atoms with van der Waals surface area (Å²) in [5.74, 6) is 1.86. The maximum absolute atomic E-state index is 3.88. The standard InChI is InChI=1S/C16H25NS2/c1-11-4-3-5-13(8-11)10-17-15-9-12(2)19-16-14(15)6-7-18-16/h6-7,11-13,15,17H,3-5,8-10H2,1-2H3/t11?,12-,13?,15?/m0/s1. The van der Waals surface area contributed by atoms with Crippen LogP contribution in [0.3, 0.4) is 0 Å². The van der Waals surface area contributed by atoms with Gasteiger partial charge in [-0.2, -0.15) is 0 Å². The molecular weight excluding hydrogens is 270 g/mol. The maximum atomic E-state index is 3.88. The van der Waals surface area contributed by atoms with Crippen LogP contribution in [0.5, 0.6) is 0 Å². The van der Waals surface area contributed by atoms with Gasteiger partial charge in [0.25, 0.3) is 0 Å². The molecule has 1 saturated carbocycles. The fourth-order valence-corrected chi connectivity index (χ4v) is 6.16. The van der Waals surface area contributed by atoms with Gasteiger partial charge in [-0.15, -0.1) is 23.1 Å². The number of hydrogen-bond acceptors (Lipinski definition) is 3. The third-order valence-electron chi connectivity index (χ3n) is 4.61. The van der Waals surface area contributed by atoms with Gasteiger partial charge in [-0.1, -0.05) is 26.7 Å². The molecule has 19 heavy (non-hydrogen) atoms. The summed E-state index contributed by atoms with van der Waals surface area (Å²) in [7, 11) is 0. The van der Waals surface area contributed by atoms with E-state index in [4.69, 9.17) is 0 Å². The van der Waals surface area contributed by atoms with Crippen molar-refractivity contribution in [1.82, 2.24) is 5.32 Å². The molecule has 1 aliphatic heterocycles. The van der Waals surface area contributed by atoms with E-state index in [-0.39, 0.29) is 0 Å². The number of thiophene rings is 1. The van der Waals surface area contributed by atoms with E-state index in [0.29, 0.717) is 6.04 Å². The molecule has 0 saturated heterocycles. The summed E-state index contributed by atoms with van der Waals surface area (Å²) in [6, 6.07) is 2.94. The Hall–Kier alpha value is 0.0100. The highest BCUT2D eigenvalue weighted by molar-refractivity contribution is 8.01. The first-order valence-corrected chi connectivity index (χ1v) is 9.45. The fraction of sp³-hybridized carbons (Fsp3) is 0.750. The minimum absolute atomic E-state index is 0.606. The Labute approximate surface area is 125 Å². The van der Waals surface area contributed by atoms with Crippen molar-refractivity contribution in [2.75, 3.05) is 6.54 Å². The van der Waals surface area contributed by atoms with Crippen molar-refractivity contribution in [3.05, 3.63) is 17.0 Å². The van der Waals surface area contributed by atoms with Crippen LogP contribution in [0.25, 0.3) is 0 Å². The predicted octanol–water partition coefficient (Wildman–Crippen LogP) is 5.09. The number of hydrogen-bond donors (Lipinski definition) is 1. The van der Waals surface area contributed by atoms with Crippen LogP contribution in [0.4, 0.5) is 0 Å². The molecule has 1 aliphatic carbocycles. The Morgan fingerprint density at radius 2 is 2.16 bits per heavy atom. The molecule has 1 fully saturated rings. The summed E-state index contributed by atoms with van der Waals surface area (Å²) >= 11 is 3.98. The summed E-state index contributed by atoms with van der Waals surface area (Å²) in [6.07, 6.45) is 7.04. The van der Waals surface area contributed by atoms with Crippen LogP contribution in [0, 0.1) is 11.8 Å². The van der Waals surface area contributed by atoms with Gasteiger partial charge >= 0.3 is 0 Å². The molecule has 1 aromatic rings. The molecule has 1 aromatic heterocycles. The van der Waals surface area contributed by atoms with Crippen LogP contribution in [0.2, 0.25) is 0 Å². The molecule has 2 heterocycles. The Morgan fingerprint density at radius 3 is 3.00 bits per heavy atom. The minimum Gasteiger partial charge on any atom is -0.310 e. The van der Waals surface area contributed by atoms with E-state index in [9.17, 15) is 0 Å². The van der Waals surface area contributed by atoms with Crippen LogP contribution in [0.15, 0.2) is 15.7 Å². The van der Waals surface area contributed by atoms with Gasteiger partial charge in [0.2, 0.25) is 0 Å². The zero-order chi connectivity index (χ0) is 13.2. The second-order valence-electron chi connectivity index (χ2n) is 6.43. The van der Waals surface area contributed by atoms with Gasteiger partial charge in [-0.25, -0.2) is 0 Å². The lowest BCUT2D eigenvalue weighted by Crippen LogP contribution is -2.32. The lowest BCUT2D eigenvalue weighted by molar-refractivity contribution is 0.264. The van der Waals surface area contributed by atoms with Crippen LogP contribution in [-0.2, 0) is 0 Å². The van der Waals surface area contributed by atoms with Crippen molar-refractivity contribution in [2.24, 2.45) is 11.8 Å². The minimum atomic E-state index is 0.606. The lowest BCUT2D eigenvalue weighted by atomic mass is 9.82. The van der Waals surface area contributed by atoms with Gasteiger partial charge in [0.05, 0.1) is 4.21 Å². The molecule has 1 N–H and O–H groups in total. The Balaban J connectivity index is 1.58. The number of fused-ring (bicyclic) bond motifs is 1. The van der Waals surface area contributed by atoms with E-state index in [1.807, 2.05) is 11.3 Å². The lowest BCUT2D eigenvalue weighted by Gasteiger charge is -2.31. The third-order valence-corrected chi connectivity index (χ3v) is 6.95. The van der Waals surface area contributed by atoms with E-state index >= 15 is 0 Å². The Bertz CT molecular complexity index is 415. The van der Waals surface area contributed by atoms with Crippen molar-refractivity contribution in [2.45, 2.75) is 61.5 Å². The monoisotopic (exact) mass is 295 g/mol. The third kappa shape index (κ3) is 3.37. The van der Waals surface area contributed by atoms with E-state index in [2.05, 4.69) is 42.4 Å². The maximum Gasteiger partial charge on any atom is 0.0649 e. The zero-order valence-electron chi connectivity index (χ0n) is 12.0. The van der Waals surface area contributed by atoms with Crippen LogP contribution in [0.1, 0.15) is 57.6 Å². The second kappa shape index (κ2) is 6.19. The first-order chi connectivity index (χ1) is 9.22. The Kier molecular flexibility index (Phi) is 4.55. The molecule has 0 radical (unpaired) electrons. The molecule has 3 heteroatoms. The molecule has 1 nitrogen and oxygen atoms in total. The fourth-order valence-electron chi connectivity index (χ4n) is 3.60. The quantitative estimate of drug-likeness (QED) is 0.833. The summed E-state index contributed by atoms with van der Waals surface area (Å²) in [5.41, 5.74) is 1.57. The molecule has 0 bridgehead atoms. The predicted molar refractivity (Wildman–Crippen MR) is 86.1 cm³/mol. The molecule has 3 rings (SSSR count). The molecule has 0 aromatic carbocycles. The average Bonchev–Trinajstić information content (AvgIpc) is 2.84. The van der Waals surface area contributed by atoms with Crippen LogP contribution >= 0.6 is 23.1 Å². The van der Waals surface area contributed by atoms with Gasteiger partial charge in [0.1, 0.15) is 0 Å². The molecule has 106 valence electrons. The van der Waals surface area contributed by atoms with Gasteiger partial charge < -0.3 is 5.32 Å². The van der Waals surface area contributed by atoms with E-state index in [0.717, 1.165) is 17.1 Å². The van der Waals surface area contributed by atoms with Gasteiger partial charge in [0, 0.05) is 11.3 Å². The average molecular weight is 296 g/mol. The van der Waals surface area contributed by atoms with Crippen molar-refractivity contribution < 1.29 is 0 Å². The van der Waals surface area contributed by atoms with Gasteiger partial charge in [-0.3, -0.25) is 0 Å². The summed E-state index contributed by atoms with van der Waals surface area (Å²) in [6.45, 7) is 6.01. The molecule has 4 atom stereocenters. The number of thioether (sulfide) groups is 1. The van der Waals surface area contributed by atoms with Crippen LogP contribution in [-0.4, -0.2) is 11.8 Å². The highest BCUT2D eigenvalue weighted by atomic mass is 32.2. The van der Waals surface area contributed by atoms with E-state index < -0.39 is 0 Å². The van der Waals surface area contributed by atoms with Crippen molar-refractivity contribution in [3.63, 3.8) is 0 Å². The number of nitrogens with one attached hydrogen (secondary N) is 1. The second-order valence-corrected chi connectivity index (χ2v) is 9.05. The smallest absolute Gasteiger partial charge is 0.0649 e. The zero-order valence-corrected chi connectivity index (χ0v) is 13.7. The largest absolute Gasteiger partial charge is 0.310 e. The van der Waals surface area contributed by atoms with Gasteiger partial charge in [0.15, 0.2) is 0 Å². The Morgan fingerprint density at radius 1 is 1.26 bits per heavy atom. The summed E-state index contributed by atoms with van der Waals surface area (Å²) in [5, 5.41) is 6.89. The van der Waals surface area contributed by atoms with Crippen molar-refractivity contribution >= 4 is 23.1 Å². The summed E-state index contributed by atoms with van der Waals surface area (Å²) in [4.78, 5) is 0. The molecule has 0 spiro atoms. The number of rotatable bonds is 3. The SMILES string of the molecule is CC1CCCC(CNC2C[C@H](C)Sc3sccc32)C1. The topological polar surface area (TPSA) is 12.0 Å². The van der Waals surface area contributed by atoms with E-state index in [1.165, 1.54) is 38.6 Å². The van der Waals surface area contributed by atoms with Gasteiger partial charge in [-0.05, 0) is 54.7 Å². The van der Waals surface area contributed by atoms with E-state index in [1.54, 1.807) is 9.77 Å². The first-order valence-electron chi connectivity index (χ1n) is 7.70.